The highest BCUT2D eigenvalue weighted by Gasteiger charge is 2.15. The molecule has 6 nitrogen and oxygen atoms in total. The number of hydrogen-bond acceptors (Lipinski definition) is 5. The van der Waals surface area contributed by atoms with Gasteiger partial charge < -0.3 is 15.5 Å². The quantitative estimate of drug-likeness (QED) is 0.785. The van der Waals surface area contributed by atoms with Crippen molar-refractivity contribution in [1.29, 1.82) is 0 Å². The molecular weight excluding hydrogens is 254 g/mol. The number of nitrogens with one attached hydrogen (secondary N) is 2. The topological polar surface area (TPSA) is 70.2 Å². The van der Waals surface area contributed by atoms with E-state index in [0.717, 1.165) is 6.54 Å². The summed E-state index contributed by atoms with van der Waals surface area (Å²) in [4.78, 5) is 13.7. The van der Waals surface area contributed by atoms with Gasteiger partial charge in [-0.05, 0) is 39.1 Å². The summed E-state index contributed by atoms with van der Waals surface area (Å²) in [6, 6.07) is 3.77. The molecule has 0 aliphatic heterocycles. The van der Waals surface area contributed by atoms with Gasteiger partial charge in [-0.1, -0.05) is 13.8 Å². The third-order valence-corrected chi connectivity index (χ3v) is 2.93. The fourth-order valence-corrected chi connectivity index (χ4v) is 1.79. The van der Waals surface area contributed by atoms with Crippen LogP contribution in [0, 0.1) is 5.92 Å². The molecule has 20 heavy (non-hydrogen) atoms. The minimum absolute atomic E-state index is 0.194. The summed E-state index contributed by atoms with van der Waals surface area (Å²) in [5, 5.41) is 14.1. The summed E-state index contributed by atoms with van der Waals surface area (Å²) in [6.45, 7) is 7.70. The molecule has 1 aromatic rings. The first kappa shape index (κ1) is 16.4. The lowest BCUT2D eigenvalue weighted by Crippen LogP contribution is -2.36. The van der Waals surface area contributed by atoms with Crippen LogP contribution in [0.1, 0.15) is 31.3 Å². The molecule has 0 fully saturated rings. The number of rotatable bonds is 7. The van der Waals surface area contributed by atoms with Crippen LogP contribution in [0.5, 0.6) is 0 Å². The predicted molar refractivity (Wildman–Crippen MR) is 80.8 cm³/mol. The average molecular weight is 279 g/mol. The summed E-state index contributed by atoms with van der Waals surface area (Å²) >= 11 is 0. The molecule has 1 heterocycles. The summed E-state index contributed by atoms with van der Waals surface area (Å²) < 4.78 is 0. The molecule has 0 aromatic carbocycles. The molecule has 1 rings (SSSR count). The third-order valence-electron chi connectivity index (χ3n) is 2.93. The van der Waals surface area contributed by atoms with Crippen molar-refractivity contribution < 1.29 is 4.79 Å². The van der Waals surface area contributed by atoms with Crippen LogP contribution in [0.15, 0.2) is 12.1 Å². The second-order valence-electron chi connectivity index (χ2n) is 5.42. The Kier molecular flexibility index (Phi) is 6.38. The molecule has 0 radical (unpaired) electrons. The zero-order chi connectivity index (χ0) is 15.1. The van der Waals surface area contributed by atoms with Crippen molar-refractivity contribution in [3.63, 3.8) is 0 Å². The summed E-state index contributed by atoms with van der Waals surface area (Å²) in [7, 11) is 4.09. The molecular formula is C14H25N5O. The molecule has 0 bridgehead atoms. The van der Waals surface area contributed by atoms with E-state index in [4.69, 9.17) is 0 Å². The molecule has 0 spiro atoms. The second kappa shape index (κ2) is 7.79. The van der Waals surface area contributed by atoms with Crippen molar-refractivity contribution >= 4 is 11.7 Å². The molecule has 1 amide bonds. The maximum Gasteiger partial charge on any atom is 0.271 e. The number of amides is 1. The molecule has 0 aliphatic rings. The lowest BCUT2D eigenvalue weighted by Gasteiger charge is -2.25. The first-order valence-corrected chi connectivity index (χ1v) is 6.97. The standard InChI is InChI=1S/C14H25N5O/c1-6-15-14(20)11-7-8-13(18-17-11)16-12(10(2)3)9-19(4)5/h7-8,10,12H,6,9H2,1-5H3,(H,15,20)(H,16,18). The zero-order valence-corrected chi connectivity index (χ0v) is 13.0. The largest absolute Gasteiger partial charge is 0.364 e. The number of likely N-dealkylation sites (N-methyl/N-ethyl adjacent to an activating group) is 1. The van der Waals surface area contributed by atoms with E-state index in [9.17, 15) is 4.79 Å². The van der Waals surface area contributed by atoms with Crippen molar-refractivity contribution in [2.45, 2.75) is 26.8 Å². The van der Waals surface area contributed by atoms with Gasteiger partial charge in [0.25, 0.3) is 5.91 Å². The number of nitrogens with zero attached hydrogens (tertiary/aromatic N) is 3. The van der Waals surface area contributed by atoms with Crippen LogP contribution in [-0.2, 0) is 0 Å². The molecule has 1 aromatic heterocycles. The van der Waals surface area contributed by atoms with Gasteiger partial charge in [-0.3, -0.25) is 4.79 Å². The van der Waals surface area contributed by atoms with Crippen LogP contribution in [0.2, 0.25) is 0 Å². The van der Waals surface area contributed by atoms with E-state index in [-0.39, 0.29) is 11.9 Å². The van der Waals surface area contributed by atoms with Gasteiger partial charge in [0.15, 0.2) is 5.69 Å². The summed E-state index contributed by atoms with van der Waals surface area (Å²) in [5.41, 5.74) is 0.339. The Balaban J connectivity index is 2.70. The maximum absolute atomic E-state index is 11.6. The van der Waals surface area contributed by atoms with Crippen molar-refractivity contribution in [2.75, 3.05) is 32.5 Å². The Morgan fingerprint density at radius 2 is 2.00 bits per heavy atom. The normalized spacial score (nSPS) is 12.6. The Morgan fingerprint density at radius 1 is 1.30 bits per heavy atom. The Hall–Kier alpha value is -1.69. The van der Waals surface area contributed by atoms with Gasteiger partial charge in [0, 0.05) is 19.1 Å². The van der Waals surface area contributed by atoms with Crippen molar-refractivity contribution in [1.82, 2.24) is 20.4 Å². The first-order chi connectivity index (χ1) is 9.43. The van der Waals surface area contributed by atoms with Crippen molar-refractivity contribution in [2.24, 2.45) is 5.92 Å². The van der Waals surface area contributed by atoms with E-state index in [1.54, 1.807) is 12.1 Å². The minimum Gasteiger partial charge on any atom is -0.364 e. The smallest absolute Gasteiger partial charge is 0.271 e. The molecule has 1 unspecified atom stereocenters. The van der Waals surface area contributed by atoms with Gasteiger partial charge in [-0.2, -0.15) is 0 Å². The van der Waals surface area contributed by atoms with Crippen molar-refractivity contribution in [3.8, 4) is 0 Å². The number of carbonyl (C=O) groups is 1. The number of aromatic nitrogens is 2. The van der Waals surface area contributed by atoms with Gasteiger partial charge in [0.2, 0.25) is 0 Å². The minimum atomic E-state index is -0.194. The molecule has 0 aliphatic carbocycles. The van der Waals surface area contributed by atoms with Gasteiger partial charge in [-0.25, -0.2) is 0 Å². The van der Waals surface area contributed by atoms with Gasteiger partial charge in [-0.15, -0.1) is 10.2 Å². The number of hydrogen-bond donors (Lipinski definition) is 2. The van der Waals surface area contributed by atoms with E-state index in [1.807, 2.05) is 21.0 Å². The first-order valence-electron chi connectivity index (χ1n) is 6.97. The van der Waals surface area contributed by atoms with E-state index in [2.05, 4.69) is 39.6 Å². The fourth-order valence-electron chi connectivity index (χ4n) is 1.79. The van der Waals surface area contributed by atoms with E-state index < -0.39 is 0 Å². The number of carbonyl (C=O) groups excluding carboxylic acids is 1. The third kappa shape index (κ3) is 5.13. The second-order valence-corrected chi connectivity index (χ2v) is 5.42. The Labute approximate surface area is 121 Å². The van der Waals surface area contributed by atoms with Gasteiger partial charge >= 0.3 is 0 Å². The van der Waals surface area contributed by atoms with Crippen LogP contribution in [0.3, 0.4) is 0 Å². The van der Waals surface area contributed by atoms with Gasteiger partial charge in [0.05, 0.1) is 0 Å². The van der Waals surface area contributed by atoms with E-state index in [0.29, 0.717) is 24.0 Å². The monoisotopic (exact) mass is 279 g/mol. The fraction of sp³-hybridized carbons (Fsp3) is 0.643. The SMILES string of the molecule is CCNC(=O)c1ccc(NC(CN(C)C)C(C)C)nn1. The van der Waals surface area contributed by atoms with Gasteiger partial charge in [0.1, 0.15) is 5.82 Å². The molecule has 0 saturated heterocycles. The highest BCUT2D eigenvalue weighted by molar-refractivity contribution is 5.92. The molecule has 6 heteroatoms. The van der Waals surface area contributed by atoms with Crippen LogP contribution in [0.4, 0.5) is 5.82 Å². The Morgan fingerprint density at radius 3 is 2.45 bits per heavy atom. The molecule has 0 saturated carbocycles. The lowest BCUT2D eigenvalue weighted by molar-refractivity contribution is 0.0950. The molecule has 1 atom stereocenters. The lowest BCUT2D eigenvalue weighted by atomic mass is 10.0. The van der Waals surface area contributed by atoms with Crippen LogP contribution < -0.4 is 10.6 Å². The van der Waals surface area contributed by atoms with Crippen LogP contribution in [-0.4, -0.2) is 54.2 Å². The highest BCUT2D eigenvalue weighted by Crippen LogP contribution is 2.10. The van der Waals surface area contributed by atoms with E-state index in [1.165, 1.54) is 0 Å². The predicted octanol–water partition coefficient (Wildman–Crippen LogP) is 1.22. The van der Waals surface area contributed by atoms with Crippen LogP contribution in [0.25, 0.3) is 0 Å². The average Bonchev–Trinajstić information content (AvgIpc) is 2.38. The Bertz CT molecular complexity index is 416. The molecule has 2 N–H and O–H groups in total. The highest BCUT2D eigenvalue weighted by atomic mass is 16.1. The maximum atomic E-state index is 11.6. The number of anilines is 1. The summed E-state index contributed by atoms with van der Waals surface area (Å²) in [5.74, 6) is 0.973. The molecule has 112 valence electrons. The van der Waals surface area contributed by atoms with Crippen LogP contribution >= 0.6 is 0 Å². The van der Waals surface area contributed by atoms with Crippen molar-refractivity contribution in [3.05, 3.63) is 17.8 Å². The van der Waals surface area contributed by atoms with E-state index >= 15 is 0 Å². The zero-order valence-electron chi connectivity index (χ0n) is 13.0. The summed E-state index contributed by atoms with van der Waals surface area (Å²) in [6.07, 6.45) is 0.